The fraction of sp³-hybridized carbons (Fsp3) is 0.533. The van der Waals surface area contributed by atoms with Crippen molar-refractivity contribution < 1.29 is 0 Å². The van der Waals surface area contributed by atoms with Gasteiger partial charge in [-0.1, -0.05) is 6.92 Å². The third-order valence-corrected chi connectivity index (χ3v) is 3.36. The second-order valence-corrected chi connectivity index (χ2v) is 4.97. The summed E-state index contributed by atoms with van der Waals surface area (Å²) in [5.41, 5.74) is 2.18. The normalized spacial score (nSPS) is 10.8. The topological polar surface area (TPSA) is 55.6 Å². The summed E-state index contributed by atoms with van der Waals surface area (Å²) in [6.07, 6.45) is 6.49. The van der Waals surface area contributed by atoms with Crippen LogP contribution in [-0.4, -0.2) is 26.1 Å². The van der Waals surface area contributed by atoms with Gasteiger partial charge in [0.25, 0.3) is 0 Å². The second kappa shape index (κ2) is 6.50. The van der Waals surface area contributed by atoms with E-state index in [1.807, 2.05) is 24.0 Å². The zero-order valence-electron chi connectivity index (χ0n) is 12.8. The number of aryl methyl sites for hydroxylation is 2. The molecule has 5 heteroatoms. The van der Waals surface area contributed by atoms with Crippen molar-refractivity contribution in [3.8, 4) is 0 Å². The molecule has 2 aromatic rings. The molecule has 0 aliphatic rings. The van der Waals surface area contributed by atoms with Gasteiger partial charge >= 0.3 is 0 Å². The summed E-state index contributed by atoms with van der Waals surface area (Å²) >= 11 is 0. The van der Waals surface area contributed by atoms with Gasteiger partial charge < -0.3 is 9.88 Å². The average molecular weight is 273 g/mol. The highest BCUT2D eigenvalue weighted by Gasteiger charge is 2.12. The number of hydrogen-bond donors (Lipinski definition) is 1. The van der Waals surface area contributed by atoms with Crippen LogP contribution in [0.5, 0.6) is 0 Å². The first-order valence-electron chi connectivity index (χ1n) is 7.22. The molecule has 0 atom stereocenters. The molecule has 0 aliphatic carbocycles. The summed E-state index contributed by atoms with van der Waals surface area (Å²) in [4.78, 5) is 13.7. The standard InChI is InChI=1S/C15H23N5/c1-5-7-13-18-12(10-14-17-8-9-20(14)4)11(3)15(19-13)16-6-2/h8-9H,5-7,10H2,1-4H3,(H,16,18,19). The molecule has 0 aromatic carbocycles. The van der Waals surface area contributed by atoms with Crippen molar-refractivity contribution in [1.29, 1.82) is 0 Å². The van der Waals surface area contributed by atoms with Crippen LogP contribution in [0.3, 0.4) is 0 Å². The van der Waals surface area contributed by atoms with Gasteiger partial charge in [-0.2, -0.15) is 0 Å². The highest BCUT2D eigenvalue weighted by Crippen LogP contribution is 2.18. The number of anilines is 1. The number of rotatable bonds is 6. The van der Waals surface area contributed by atoms with Crippen LogP contribution in [0.15, 0.2) is 12.4 Å². The van der Waals surface area contributed by atoms with Gasteiger partial charge in [-0.25, -0.2) is 15.0 Å². The van der Waals surface area contributed by atoms with E-state index in [0.29, 0.717) is 0 Å². The molecule has 0 amide bonds. The second-order valence-electron chi connectivity index (χ2n) is 4.97. The average Bonchev–Trinajstić information content (AvgIpc) is 2.81. The molecule has 2 rings (SSSR count). The molecule has 20 heavy (non-hydrogen) atoms. The Morgan fingerprint density at radius 2 is 2.05 bits per heavy atom. The van der Waals surface area contributed by atoms with Crippen LogP contribution in [-0.2, 0) is 19.9 Å². The molecule has 0 saturated heterocycles. The highest BCUT2D eigenvalue weighted by atomic mass is 15.1. The summed E-state index contributed by atoms with van der Waals surface area (Å²) in [5, 5.41) is 3.33. The van der Waals surface area contributed by atoms with E-state index >= 15 is 0 Å². The monoisotopic (exact) mass is 273 g/mol. The van der Waals surface area contributed by atoms with Gasteiger partial charge in [-0.3, -0.25) is 0 Å². The Labute approximate surface area is 120 Å². The molecule has 0 bridgehead atoms. The lowest BCUT2D eigenvalue weighted by molar-refractivity contribution is 0.777. The van der Waals surface area contributed by atoms with Crippen molar-refractivity contribution in [1.82, 2.24) is 19.5 Å². The molecule has 0 fully saturated rings. The molecule has 108 valence electrons. The van der Waals surface area contributed by atoms with Crippen molar-refractivity contribution in [2.45, 2.75) is 40.0 Å². The van der Waals surface area contributed by atoms with Crippen molar-refractivity contribution in [3.05, 3.63) is 35.3 Å². The summed E-state index contributed by atoms with van der Waals surface area (Å²) in [7, 11) is 2.01. The van der Waals surface area contributed by atoms with Crippen molar-refractivity contribution >= 4 is 5.82 Å². The first-order chi connectivity index (χ1) is 9.65. The van der Waals surface area contributed by atoms with Crippen LogP contribution >= 0.6 is 0 Å². The van der Waals surface area contributed by atoms with Crippen LogP contribution < -0.4 is 5.32 Å². The maximum absolute atomic E-state index is 4.72. The predicted molar refractivity (Wildman–Crippen MR) is 80.9 cm³/mol. The molecule has 1 N–H and O–H groups in total. The number of nitrogens with one attached hydrogen (secondary N) is 1. The number of hydrogen-bond acceptors (Lipinski definition) is 4. The predicted octanol–water partition coefficient (Wildman–Crippen LogP) is 2.49. The van der Waals surface area contributed by atoms with E-state index < -0.39 is 0 Å². The Morgan fingerprint density at radius 3 is 2.65 bits per heavy atom. The summed E-state index contributed by atoms with van der Waals surface area (Å²) in [5.74, 6) is 2.89. The SMILES string of the molecule is CCCc1nc(Cc2nccn2C)c(C)c(NCC)n1. The quantitative estimate of drug-likeness (QED) is 0.878. The van der Waals surface area contributed by atoms with Gasteiger partial charge in [0.1, 0.15) is 17.5 Å². The van der Waals surface area contributed by atoms with E-state index in [-0.39, 0.29) is 0 Å². The van der Waals surface area contributed by atoms with Gasteiger partial charge in [0.15, 0.2) is 0 Å². The van der Waals surface area contributed by atoms with Gasteiger partial charge in [-0.15, -0.1) is 0 Å². The smallest absolute Gasteiger partial charge is 0.132 e. The minimum atomic E-state index is 0.743. The van der Waals surface area contributed by atoms with E-state index in [1.165, 1.54) is 0 Å². The molecule has 2 aromatic heterocycles. The Balaban J connectivity index is 2.37. The van der Waals surface area contributed by atoms with Crippen LogP contribution in [0.4, 0.5) is 5.82 Å². The maximum atomic E-state index is 4.72. The Hall–Kier alpha value is -1.91. The molecule has 5 nitrogen and oxygen atoms in total. The van der Waals surface area contributed by atoms with Crippen molar-refractivity contribution in [2.75, 3.05) is 11.9 Å². The Bertz CT molecular complexity index is 574. The molecule has 0 aliphatic heterocycles. The minimum absolute atomic E-state index is 0.743. The third-order valence-electron chi connectivity index (χ3n) is 3.36. The zero-order valence-corrected chi connectivity index (χ0v) is 12.8. The van der Waals surface area contributed by atoms with Crippen LogP contribution in [0, 0.1) is 6.92 Å². The van der Waals surface area contributed by atoms with Crippen LogP contribution in [0.1, 0.15) is 43.2 Å². The number of imidazole rings is 1. The minimum Gasteiger partial charge on any atom is -0.370 e. The zero-order chi connectivity index (χ0) is 14.5. The van der Waals surface area contributed by atoms with E-state index in [4.69, 9.17) is 4.98 Å². The molecule has 2 heterocycles. The largest absolute Gasteiger partial charge is 0.370 e. The molecule has 0 radical (unpaired) electrons. The first kappa shape index (κ1) is 14.5. The summed E-state index contributed by atoms with van der Waals surface area (Å²) in [6.45, 7) is 7.17. The lowest BCUT2D eigenvalue weighted by Crippen LogP contribution is -2.11. The van der Waals surface area contributed by atoms with Crippen molar-refractivity contribution in [3.63, 3.8) is 0 Å². The van der Waals surface area contributed by atoms with Gasteiger partial charge in [-0.05, 0) is 20.3 Å². The van der Waals surface area contributed by atoms with Gasteiger partial charge in [0, 0.05) is 44.4 Å². The lowest BCUT2D eigenvalue weighted by atomic mass is 10.1. The van der Waals surface area contributed by atoms with Crippen LogP contribution in [0.25, 0.3) is 0 Å². The number of nitrogens with zero attached hydrogens (tertiary/aromatic N) is 4. The third kappa shape index (κ3) is 3.15. The Morgan fingerprint density at radius 1 is 1.25 bits per heavy atom. The fourth-order valence-corrected chi connectivity index (χ4v) is 2.18. The first-order valence-corrected chi connectivity index (χ1v) is 7.22. The lowest BCUT2D eigenvalue weighted by Gasteiger charge is -2.13. The molecular weight excluding hydrogens is 250 g/mol. The summed E-state index contributed by atoms with van der Waals surface area (Å²) < 4.78 is 2.04. The van der Waals surface area contributed by atoms with Gasteiger partial charge in [0.05, 0.1) is 5.69 Å². The molecular formula is C15H23N5. The molecule has 0 saturated carbocycles. The number of aromatic nitrogens is 4. The summed E-state index contributed by atoms with van der Waals surface area (Å²) in [6, 6.07) is 0. The fourth-order valence-electron chi connectivity index (χ4n) is 2.18. The van der Waals surface area contributed by atoms with Gasteiger partial charge in [0.2, 0.25) is 0 Å². The van der Waals surface area contributed by atoms with E-state index in [2.05, 4.69) is 36.1 Å². The Kier molecular flexibility index (Phi) is 4.71. The molecule has 0 spiro atoms. The molecule has 0 unspecified atom stereocenters. The maximum Gasteiger partial charge on any atom is 0.132 e. The van der Waals surface area contributed by atoms with Crippen molar-refractivity contribution in [2.24, 2.45) is 7.05 Å². The van der Waals surface area contributed by atoms with E-state index in [9.17, 15) is 0 Å². The van der Waals surface area contributed by atoms with E-state index in [1.54, 1.807) is 0 Å². The van der Waals surface area contributed by atoms with Crippen LogP contribution in [0.2, 0.25) is 0 Å². The highest BCUT2D eigenvalue weighted by molar-refractivity contribution is 5.46. The van der Waals surface area contributed by atoms with E-state index in [0.717, 1.165) is 54.5 Å².